The Kier molecular flexibility index (Phi) is 4.47. The van der Waals surface area contributed by atoms with E-state index in [-0.39, 0.29) is 5.82 Å². The van der Waals surface area contributed by atoms with Gasteiger partial charge in [-0.2, -0.15) is 0 Å². The lowest BCUT2D eigenvalue weighted by Crippen LogP contribution is -1.99. The van der Waals surface area contributed by atoms with Crippen molar-refractivity contribution in [2.45, 2.75) is 6.54 Å². The van der Waals surface area contributed by atoms with Crippen LogP contribution in [-0.4, -0.2) is 0 Å². The summed E-state index contributed by atoms with van der Waals surface area (Å²) in [4.78, 5) is 1.17. The maximum atomic E-state index is 13.0. The monoisotopic (exact) mass is 397 g/mol. The number of hydrogen-bond donors (Lipinski definition) is 1. The van der Waals surface area contributed by atoms with Gasteiger partial charge < -0.3 is 5.32 Å². The summed E-state index contributed by atoms with van der Waals surface area (Å²) in [5.74, 6) is -0.355. The first-order valence-corrected chi connectivity index (χ1v) is 7.52. The van der Waals surface area contributed by atoms with Crippen molar-refractivity contribution < 1.29 is 4.39 Å². The molecule has 0 amide bonds. The standard InChI is InChI=1S/C11H7Br2ClFNS/c12-6-1-8(17-5-6)4-16-11-9(13)2-7(15)3-10(11)14/h1-3,5,16H,4H2. The highest BCUT2D eigenvalue weighted by Crippen LogP contribution is 2.32. The minimum Gasteiger partial charge on any atom is -0.378 e. The summed E-state index contributed by atoms with van der Waals surface area (Å²) >= 11 is 14.3. The molecule has 90 valence electrons. The van der Waals surface area contributed by atoms with E-state index in [1.54, 1.807) is 11.3 Å². The number of benzene rings is 1. The van der Waals surface area contributed by atoms with E-state index < -0.39 is 0 Å². The predicted molar refractivity (Wildman–Crippen MR) is 78.5 cm³/mol. The second-order valence-corrected chi connectivity index (χ2v) is 6.50. The third-order valence-electron chi connectivity index (χ3n) is 2.07. The van der Waals surface area contributed by atoms with Crippen LogP contribution in [0.2, 0.25) is 5.02 Å². The second kappa shape index (κ2) is 5.69. The lowest BCUT2D eigenvalue weighted by molar-refractivity contribution is 0.627. The summed E-state index contributed by atoms with van der Waals surface area (Å²) in [5.41, 5.74) is 0.706. The van der Waals surface area contributed by atoms with Crippen molar-refractivity contribution in [1.29, 1.82) is 0 Å². The minimum atomic E-state index is -0.355. The number of halogens is 4. The first kappa shape index (κ1) is 13.3. The van der Waals surface area contributed by atoms with Gasteiger partial charge in [0.25, 0.3) is 0 Å². The van der Waals surface area contributed by atoms with Gasteiger partial charge in [-0.15, -0.1) is 11.3 Å². The van der Waals surface area contributed by atoms with Crippen LogP contribution in [0, 0.1) is 5.82 Å². The molecule has 6 heteroatoms. The summed E-state index contributed by atoms with van der Waals surface area (Å²) in [6, 6.07) is 4.71. The van der Waals surface area contributed by atoms with Gasteiger partial charge in [-0.25, -0.2) is 4.39 Å². The van der Waals surface area contributed by atoms with Gasteiger partial charge in [0.05, 0.1) is 10.7 Å². The quantitative estimate of drug-likeness (QED) is 0.700. The predicted octanol–water partition coefficient (Wildman–Crippen LogP) is 5.68. The van der Waals surface area contributed by atoms with E-state index in [1.165, 1.54) is 17.0 Å². The number of thiophene rings is 1. The number of anilines is 1. The fourth-order valence-electron chi connectivity index (χ4n) is 1.33. The van der Waals surface area contributed by atoms with Gasteiger partial charge in [0.2, 0.25) is 0 Å². The zero-order chi connectivity index (χ0) is 12.4. The zero-order valence-corrected chi connectivity index (χ0v) is 13.2. The van der Waals surface area contributed by atoms with Crippen LogP contribution in [0.5, 0.6) is 0 Å². The Labute approximate surface area is 124 Å². The third kappa shape index (κ3) is 3.44. The van der Waals surface area contributed by atoms with Crippen molar-refractivity contribution in [3.05, 3.63) is 48.2 Å². The van der Waals surface area contributed by atoms with Crippen LogP contribution in [0.15, 0.2) is 32.5 Å². The lowest BCUT2D eigenvalue weighted by Gasteiger charge is -2.09. The van der Waals surface area contributed by atoms with Crippen molar-refractivity contribution in [1.82, 2.24) is 0 Å². The van der Waals surface area contributed by atoms with Crippen LogP contribution in [0.3, 0.4) is 0 Å². The van der Waals surface area contributed by atoms with E-state index in [4.69, 9.17) is 11.6 Å². The van der Waals surface area contributed by atoms with E-state index in [1.807, 2.05) is 11.4 Å². The van der Waals surface area contributed by atoms with Gasteiger partial charge in [0, 0.05) is 25.7 Å². The van der Waals surface area contributed by atoms with Crippen LogP contribution in [0.1, 0.15) is 4.88 Å². The fraction of sp³-hybridized carbons (Fsp3) is 0.0909. The largest absolute Gasteiger partial charge is 0.378 e. The molecule has 0 atom stereocenters. The molecule has 1 aromatic carbocycles. The average molecular weight is 400 g/mol. The number of nitrogens with one attached hydrogen (secondary N) is 1. The highest BCUT2D eigenvalue weighted by atomic mass is 79.9. The molecule has 0 aliphatic heterocycles. The normalized spacial score (nSPS) is 10.6. The molecule has 0 unspecified atom stereocenters. The average Bonchev–Trinajstić information content (AvgIpc) is 2.62. The topological polar surface area (TPSA) is 12.0 Å². The Bertz CT molecular complexity index is 521. The van der Waals surface area contributed by atoms with E-state index in [0.29, 0.717) is 21.7 Å². The van der Waals surface area contributed by atoms with Gasteiger partial charge in [-0.05, 0) is 50.1 Å². The fourth-order valence-corrected chi connectivity index (χ4v) is 3.68. The van der Waals surface area contributed by atoms with Crippen LogP contribution in [0.25, 0.3) is 0 Å². The van der Waals surface area contributed by atoms with Crippen molar-refractivity contribution in [2.24, 2.45) is 0 Å². The summed E-state index contributed by atoms with van der Waals surface area (Å²) in [5, 5.41) is 5.56. The summed E-state index contributed by atoms with van der Waals surface area (Å²) in [7, 11) is 0. The molecule has 0 bridgehead atoms. The number of hydrogen-bond acceptors (Lipinski definition) is 2. The molecular weight excluding hydrogens is 392 g/mol. The summed E-state index contributed by atoms with van der Waals surface area (Å²) < 4.78 is 14.7. The highest BCUT2D eigenvalue weighted by Gasteiger charge is 2.08. The Morgan fingerprint density at radius 3 is 2.65 bits per heavy atom. The zero-order valence-electron chi connectivity index (χ0n) is 8.44. The van der Waals surface area contributed by atoms with Gasteiger partial charge in [0.15, 0.2) is 0 Å². The molecule has 1 aromatic heterocycles. The van der Waals surface area contributed by atoms with E-state index in [9.17, 15) is 4.39 Å². The molecule has 0 aliphatic rings. The van der Waals surface area contributed by atoms with Crippen LogP contribution in [-0.2, 0) is 6.54 Å². The molecule has 1 heterocycles. The highest BCUT2D eigenvalue weighted by molar-refractivity contribution is 9.10. The molecule has 0 fully saturated rings. The van der Waals surface area contributed by atoms with E-state index in [0.717, 1.165) is 4.47 Å². The maximum Gasteiger partial charge on any atom is 0.125 e. The molecule has 17 heavy (non-hydrogen) atoms. The number of rotatable bonds is 3. The SMILES string of the molecule is Fc1cc(Cl)c(NCc2cc(Br)cs2)c(Br)c1. The minimum absolute atomic E-state index is 0.355. The van der Waals surface area contributed by atoms with Crippen molar-refractivity contribution in [2.75, 3.05) is 5.32 Å². The first-order valence-electron chi connectivity index (χ1n) is 4.67. The van der Waals surface area contributed by atoms with Crippen molar-refractivity contribution in [3.8, 4) is 0 Å². The molecule has 0 saturated heterocycles. The second-order valence-electron chi connectivity index (χ2n) is 3.33. The van der Waals surface area contributed by atoms with Gasteiger partial charge in [-0.1, -0.05) is 11.6 Å². The molecule has 0 radical (unpaired) electrons. The summed E-state index contributed by atoms with van der Waals surface area (Å²) in [6.07, 6.45) is 0. The molecular formula is C11H7Br2ClFNS. The van der Waals surface area contributed by atoms with Gasteiger partial charge in [-0.3, -0.25) is 0 Å². The Balaban J connectivity index is 2.14. The lowest BCUT2D eigenvalue weighted by atomic mass is 10.3. The molecule has 0 saturated carbocycles. The molecule has 0 spiro atoms. The molecule has 1 N–H and O–H groups in total. The molecule has 2 rings (SSSR count). The summed E-state index contributed by atoms with van der Waals surface area (Å²) in [6.45, 7) is 0.653. The molecule has 2 aromatic rings. The van der Waals surface area contributed by atoms with E-state index >= 15 is 0 Å². The van der Waals surface area contributed by atoms with E-state index in [2.05, 4.69) is 37.2 Å². The van der Waals surface area contributed by atoms with Crippen LogP contribution in [0.4, 0.5) is 10.1 Å². The third-order valence-corrected chi connectivity index (χ3v) is 4.69. The molecule has 0 aliphatic carbocycles. The van der Waals surface area contributed by atoms with Gasteiger partial charge >= 0.3 is 0 Å². The van der Waals surface area contributed by atoms with Crippen molar-refractivity contribution in [3.63, 3.8) is 0 Å². The van der Waals surface area contributed by atoms with Crippen LogP contribution < -0.4 is 5.32 Å². The Hall–Kier alpha value is -0.100. The Morgan fingerprint density at radius 2 is 2.06 bits per heavy atom. The smallest absolute Gasteiger partial charge is 0.125 e. The van der Waals surface area contributed by atoms with Crippen LogP contribution >= 0.6 is 54.8 Å². The van der Waals surface area contributed by atoms with Gasteiger partial charge in [0.1, 0.15) is 5.82 Å². The first-order chi connectivity index (χ1) is 8.06. The van der Waals surface area contributed by atoms with Crippen molar-refractivity contribution >= 4 is 60.5 Å². The Morgan fingerprint density at radius 1 is 1.29 bits per heavy atom. The molecule has 1 nitrogen and oxygen atoms in total. The maximum absolute atomic E-state index is 13.0.